The standard InChI is InChI=1S/C32H22.Y/c1-17-7-12-27-24(13-17)25-15-22-23(16-28(25)32(27,2)3)21-11-10-19-9-8-18-5-4-6-20-14-26(22)31(21)30(19)29(18)20;/h4-16H,1-3H3;. The summed E-state index contributed by atoms with van der Waals surface area (Å²) in [6, 6.07) is 30.3. The SMILES string of the molecule is Cc1ccc2c(c1)-c1cc3c(cc1C2(C)C)-c1ccc2ccc4cccc5cc-3c1c2c45.[Y]. The molecule has 0 unspecified atom stereocenters. The van der Waals surface area contributed by atoms with Gasteiger partial charge in [-0.15, -0.1) is 0 Å². The first-order chi connectivity index (χ1) is 15.5. The molecule has 0 N–H and O–H groups in total. The van der Waals surface area contributed by atoms with Crippen LogP contribution in [0.15, 0.2) is 78.9 Å². The largest absolute Gasteiger partial charge is 0.0610 e. The van der Waals surface area contributed by atoms with Crippen LogP contribution < -0.4 is 0 Å². The summed E-state index contributed by atoms with van der Waals surface area (Å²) >= 11 is 0. The van der Waals surface area contributed by atoms with Crippen molar-refractivity contribution in [1.82, 2.24) is 0 Å². The molecule has 1 radical (unpaired) electrons. The first-order valence-electron chi connectivity index (χ1n) is 11.5. The van der Waals surface area contributed by atoms with Gasteiger partial charge in [-0.25, -0.2) is 0 Å². The third-order valence-corrected chi connectivity index (χ3v) is 8.18. The van der Waals surface area contributed by atoms with Gasteiger partial charge in [-0.05, 0) is 102 Å². The fourth-order valence-corrected chi connectivity index (χ4v) is 6.64. The van der Waals surface area contributed by atoms with Gasteiger partial charge in [0, 0.05) is 38.1 Å². The molecule has 0 fully saturated rings. The van der Waals surface area contributed by atoms with Crippen molar-refractivity contribution in [2.24, 2.45) is 0 Å². The first kappa shape index (κ1) is 19.9. The van der Waals surface area contributed by atoms with E-state index in [9.17, 15) is 0 Å². The molecule has 1 heteroatoms. The minimum absolute atomic E-state index is 0. The van der Waals surface area contributed by atoms with Crippen molar-refractivity contribution in [3.63, 3.8) is 0 Å². The maximum Gasteiger partial charge on any atom is 0.0159 e. The van der Waals surface area contributed by atoms with Crippen LogP contribution in [0.3, 0.4) is 0 Å². The number of hydrogen-bond donors (Lipinski definition) is 0. The van der Waals surface area contributed by atoms with Crippen molar-refractivity contribution in [1.29, 1.82) is 0 Å². The van der Waals surface area contributed by atoms with Gasteiger partial charge < -0.3 is 0 Å². The molecule has 2 aliphatic carbocycles. The topological polar surface area (TPSA) is 0 Å². The van der Waals surface area contributed by atoms with Crippen LogP contribution in [0.2, 0.25) is 0 Å². The molecule has 0 amide bonds. The number of fused-ring (bicyclic) bond motifs is 6. The van der Waals surface area contributed by atoms with E-state index in [0.29, 0.717) is 0 Å². The maximum atomic E-state index is 2.50. The third kappa shape index (κ3) is 2.29. The van der Waals surface area contributed by atoms with Crippen molar-refractivity contribution in [2.75, 3.05) is 0 Å². The smallest absolute Gasteiger partial charge is 0.0159 e. The van der Waals surface area contributed by atoms with E-state index in [2.05, 4.69) is 99.6 Å². The second kappa shape index (κ2) is 6.32. The summed E-state index contributed by atoms with van der Waals surface area (Å²) in [5.41, 5.74) is 12.7. The van der Waals surface area contributed by atoms with Gasteiger partial charge in [-0.2, -0.15) is 0 Å². The van der Waals surface area contributed by atoms with Gasteiger partial charge >= 0.3 is 0 Å². The summed E-state index contributed by atoms with van der Waals surface area (Å²) in [4.78, 5) is 0. The van der Waals surface area contributed by atoms with Crippen molar-refractivity contribution in [3.8, 4) is 33.4 Å². The van der Waals surface area contributed by atoms with Crippen LogP contribution in [0.4, 0.5) is 0 Å². The Morgan fingerprint density at radius 1 is 0.485 bits per heavy atom. The zero-order valence-electron chi connectivity index (χ0n) is 19.1. The van der Waals surface area contributed by atoms with E-state index in [1.165, 1.54) is 82.4 Å². The van der Waals surface area contributed by atoms with Gasteiger partial charge in [-0.1, -0.05) is 80.1 Å². The zero-order valence-corrected chi connectivity index (χ0v) is 21.9. The maximum absolute atomic E-state index is 2.50. The molecule has 8 rings (SSSR count). The van der Waals surface area contributed by atoms with Crippen LogP contribution >= 0.6 is 0 Å². The Bertz CT molecular complexity index is 1800. The molecule has 0 bridgehead atoms. The fourth-order valence-electron chi connectivity index (χ4n) is 6.64. The summed E-state index contributed by atoms with van der Waals surface area (Å²) in [6.07, 6.45) is 0. The van der Waals surface area contributed by atoms with Gasteiger partial charge in [0.1, 0.15) is 0 Å². The number of benzene rings is 6. The molecular weight excluding hydrogens is 473 g/mol. The van der Waals surface area contributed by atoms with Gasteiger partial charge in [0.2, 0.25) is 0 Å². The molecule has 0 aliphatic heterocycles. The Kier molecular flexibility index (Phi) is 3.81. The van der Waals surface area contributed by atoms with E-state index in [1.54, 1.807) is 0 Å². The molecule has 0 aromatic heterocycles. The van der Waals surface area contributed by atoms with E-state index >= 15 is 0 Å². The summed E-state index contributed by atoms with van der Waals surface area (Å²) in [5.74, 6) is 0. The second-order valence-corrected chi connectivity index (χ2v) is 10.3. The van der Waals surface area contributed by atoms with Gasteiger partial charge in [0.05, 0.1) is 0 Å². The van der Waals surface area contributed by atoms with E-state index in [0.717, 1.165) is 0 Å². The van der Waals surface area contributed by atoms with Gasteiger partial charge in [0.15, 0.2) is 0 Å². The molecular formula is C32H22Y. The third-order valence-electron chi connectivity index (χ3n) is 8.18. The monoisotopic (exact) mass is 495 g/mol. The Balaban J connectivity index is 0.00000190. The van der Waals surface area contributed by atoms with Crippen LogP contribution in [0.25, 0.3) is 65.7 Å². The van der Waals surface area contributed by atoms with E-state index in [1.807, 2.05) is 0 Å². The van der Waals surface area contributed by atoms with Gasteiger partial charge in [0.25, 0.3) is 0 Å². The Labute approximate surface area is 218 Å². The van der Waals surface area contributed by atoms with E-state index < -0.39 is 0 Å². The second-order valence-electron chi connectivity index (χ2n) is 10.3. The van der Waals surface area contributed by atoms with Crippen molar-refractivity contribution in [3.05, 3.63) is 95.6 Å². The minimum atomic E-state index is 0. The van der Waals surface area contributed by atoms with Crippen molar-refractivity contribution < 1.29 is 32.7 Å². The number of rotatable bonds is 0. The molecule has 0 heterocycles. The normalized spacial score (nSPS) is 14.5. The van der Waals surface area contributed by atoms with E-state index in [-0.39, 0.29) is 38.1 Å². The average molecular weight is 495 g/mol. The molecule has 2 aliphatic rings. The molecule has 0 saturated heterocycles. The Hall–Kier alpha value is -2.54. The molecule has 6 aromatic carbocycles. The van der Waals surface area contributed by atoms with Crippen LogP contribution in [0.1, 0.15) is 30.5 Å². The summed E-state index contributed by atoms with van der Waals surface area (Å²) < 4.78 is 0. The average Bonchev–Trinajstić information content (AvgIpc) is 3.22. The molecule has 0 atom stereocenters. The predicted octanol–water partition coefficient (Wildman–Crippen LogP) is 8.84. The molecule has 6 aromatic rings. The summed E-state index contributed by atoms with van der Waals surface area (Å²) in [6.45, 7) is 6.96. The van der Waals surface area contributed by atoms with Crippen molar-refractivity contribution >= 4 is 32.3 Å². The van der Waals surface area contributed by atoms with Crippen LogP contribution in [0.5, 0.6) is 0 Å². The molecule has 0 spiro atoms. The molecule has 0 saturated carbocycles. The zero-order chi connectivity index (χ0) is 21.4. The summed E-state index contributed by atoms with van der Waals surface area (Å²) in [7, 11) is 0. The number of hydrogen-bond acceptors (Lipinski definition) is 0. The molecule has 0 nitrogen and oxygen atoms in total. The Morgan fingerprint density at radius 3 is 2.03 bits per heavy atom. The summed E-state index contributed by atoms with van der Waals surface area (Å²) in [5, 5.41) is 8.30. The van der Waals surface area contributed by atoms with Crippen LogP contribution in [0, 0.1) is 6.92 Å². The van der Waals surface area contributed by atoms with Crippen LogP contribution in [-0.2, 0) is 38.1 Å². The first-order valence-corrected chi connectivity index (χ1v) is 11.5. The fraction of sp³-hybridized carbons (Fsp3) is 0.125. The number of aryl methyl sites for hydroxylation is 1. The molecule has 33 heavy (non-hydrogen) atoms. The Morgan fingerprint density at radius 2 is 1.18 bits per heavy atom. The van der Waals surface area contributed by atoms with Gasteiger partial charge in [-0.3, -0.25) is 0 Å². The minimum Gasteiger partial charge on any atom is -0.0610 e. The van der Waals surface area contributed by atoms with Crippen molar-refractivity contribution in [2.45, 2.75) is 26.2 Å². The molecule has 153 valence electrons. The quantitative estimate of drug-likeness (QED) is 0.184. The van der Waals surface area contributed by atoms with E-state index in [4.69, 9.17) is 0 Å². The van der Waals surface area contributed by atoms with Crippen LogP contribution in [-0.4, -0.2) is 0 Å². The predicted molar refractivity (Wildman–Crippen MR) is 137 cm³/mol.